The van der Waals surface area contributed by atoms with Gasteiger partial charge in [-0.2, -0.15) is 0 Å². The summed E-state index contributed by atoms with van der Waals surface area (Å²) >= 11 is 5.88. The monoisotopic (exact) mass is 208 g/mol. The summed E-state index contributed by atoms with van der Waals surface area (Å²) in [6.45, 7) is 0.631. The van der Waals surface area contributed by atoms with Crippen molar-refractivity contribution in [1.82, 2.24) is 9.40 Å². The van der Waals surface area contributed by atoms with E-state index in [2.05, 4.69) is 4.98 Å². The van der Waals surface area contributed by atoms with Crippen LogP contribution in [-0.2, 0) is 5.41 Å². The first kappa shape index (κ1) is 8.24. The number of hydrogen-bond acceptors (Lipinski definition) is 2. The van der Waals surface area contributed by atoms with Crippen LogP contribution in [0.4, 0.5) is 0 Å². The number of amides is 1. The van der Waals surface area contributed by atoms with Crippen molar-refractivity contribution in [3.8, 4) is 0 Å². The first-order valence-electron chi connectivity index (χ1n) is 4.65. The maximum absolute atomic E-state index is 11.7. The molecule has 72 valence electrons. The molecule has 1 aliphatic heterocycles. The zero-order valence-corrected chi connectivity index (χ0v) is 8.29. The highest BCUT2D eigenvalue weighted by Crippen LogP contribution is 2.52. The molecule has 2 aliphatic rings. The molecule has 1 saturated carbocycles. The van der Waals surface area contributed by atoms with E-state index in [4.69, 9.17) is 11.8 Å². The average Bonchev–Trinajstić information content (AvgIpc) is 2.96. The first-order chi connectivity index (χ1) is 6.73. The Balaban J connectivity index is 2.20. The molecule has 0 unspecified atom stereocenters. The first-order valence-corrected chi connectivity index (χ1v) is 4.99. The Hall–Kier alpha value is -1.09. The lowest BCUT2D eigenvalue weighted by molar-refractivity contribution is 0.0835. The lowest BCUT2D eigenvalue weighted by atomic mass is 9.89. The highest BCUT2D eigenvalue weighted by atomic mass is 35.5. The third-order valence-corrected chi connectivity index (χ3v) is 3.41. The van der Waals surface area contributed by atoms with Crippen LogP contribution in [0.3, 0.4) is 0 Å². The van der Waals surface area contributed by atoms with Gasteiger partial charge >= 0.3 is 0 Å². The van der Waals surface area contributed by atoms with E-state index in [1.54, 1.807) is 12.3 Å². The van der Waals surface area contributed by atoms with Crippen molar-refractivity contribution in [1.29, 1.82) is 0 Å². The zero-order chi connectivity index (χ0) is 9.76. The van der Waals surface area contributed by atoms with E-state index >= 15 is 0 Å². The van der Waals surface area contributed by atoms with Gasteiger partial charge in [0.15, 0.2) is 0 Å². The summed E-state index contributed by atoms with van der Waals surface area (Å²) in [5, 5.41) is 0. The second-order valence-corrected chi connectivity index (χ2v) is 4.44. The minimum Gasteiger partial charge on any atom is -0.268 e. The van der Waals surface area contributed by atoms with Gasteiger partial charge in [0.25, 0.3) is 5.91 Å². The molecule has 0 aromatic carbocycles. The summed E-state index contributed by atoms with van der Waals surface area (Å²) in [6.07, 6.45) is 5.68. The van der Waals surface area contributed by atoms with E-state index in [1.807, 2.05) is 6.20 Å². The molecule has 3 rings (SSSR count). The van der Waals surface area contributed by atoms with Gasteiger partial charge in [-0.05, 0) is 24.5 Å². The third kappa shape index (κ3) is 0.932. The fourth-order valence-electron chi connectivity index (χ4n) is 2.14. The summed E-state index contributed by atoms with van der Waals surface area (Å²) in [4.78, 5) is 15.8. The maximum Gasteiger partial charge on any atom is 0.268 e. The Kier molecular flexibility index (Phi) is 1.46. The number of fused-ring (bicyclic) bond motifs is 2. The van der Waals surface area contributed by atoms with Crippen LogP contribution >= 0.6 is 11.8 Å². The fraction of sp³-hybridized carbons (Fsp3) is 0.400. The number of rotatable bonds is 0. The van der Waals surface area contributed by atoms with E-state index in [0.29, 0.717) is 6.54 Å². The minimum absolute atomic E-state index is 0.0957. The van der Waals surface area contributed by atoms with Gasteiger partial charge in [0, 0.05) is 41.7 Å². The molecule has 2 heterocycles. The molecule has 1 aromatic heterocycles. The number of carbonyl (C=O) groups is 1. The number of pyridine rings is 1. The van der Waals surface area contributed by atoms with Crippen LogP contribution in [0.1, 0.15) is 28.8 Å². The molecule has 0 atom stereocenters. The predicted molar refractivity (Wildman–Crippen MR) is 52.0 cm³/mol. The van der Waals surface area contributed by atoms with E-state index in [-0.39, 0.29) is 11.3 Å². The maximum atomic E-state index is 11.7. The minimum atomic E-state index is -0.0957. The van der Waals surface area contributed by atoms with Crippen molar-refractivity contribution in [2.24, 2.45) is 0 Å². The molecular weight excluding hydrogens is 200 g/mol. The van der Waals surface area contributed by atoms with Crippen molar-refractivity contribution in [2.45, 2.75) is 18.3 Å². The highest BCUT2D eigenvalue weighted by molar-refractivity contribution is 6.24. The van der Waals surface area contributed by atoms with Crippen molar-refractivity contribution in [3.63, 3.8) is 0 Å². The van der Waals surface area contributed by atoms with Crippen LogP contribution in [0.5, 0.6) is 0 Å². The van der Waals surface area contributed by atoms with Crippen LogP contribution in [0.2, 0.25) is 0 Å². The normalized spacial score (nSPS) is 22.4. The summed E-state index contributed by atoms with van der Waals surface area (Å²) in [5.74, 6) is -0.0957. The molecule has 0 N–H and O–H groups in total. The molecule has 1 aromatic rings. The van der Waals surface area contributed by atoms with Gasteiger partial charge in [0.05, 0.1) is 0 Å². The SMILES string of the molecule is O=C1c2ccncc2C2(CC2)CN1Cl. The second kappa shape index (κ2) is 2.48. The Labute approximate surface area is 86.8 Å². The van der Waals surface area contributed by atoms with Gasteiger partial charge < -0.3 is 0 Å². The van der Waals surface area contributed by atoms with Gasteiger partial charge in [0.2, 0.25) is 0 Å². The molecule has 1 amide bonds. The van der Waals surface area contributed by atoms with E-state index in [1.165, 1.54) is 4.42 Å². The number of aromatic nitrogens is 1. The van der Waals surface area contributed by atoms with Crippen LogP contribution in [0.25, 0.3) is 0 Å². The highest BCUT2D eigenvalue weighted by Gasteiger charge is 2.51. The van der Waals surface area contributed by atoms with Gasteiger partial charge in [-0.1, -0.05) is 0 Å². The van der Waals surface area contributed by atoms with Crippen molar-refractivity contribution < 1.29 is 4.79 Å². The topological polar surface area (TPSA) is 33.2 Å². The predicted octanol–water partition coefficient (Wildman–Crippen LogP) is 1.72. The lowest BCUT2D eigenvalue weighted by Gasteiger charge is -2.29. The number of halogens is 1. The van der Waals surface area contributed by atoms with Gasteiger partial charge in [0.1, 0.15) is 0 Å². The fourth-order valence-corrected chi connectivity index (χ4v) is 2.46. The van der Waals surface area contributed by atoms with Crippen molar-refractivity contribution >= 4 is 17.7 Å². The van der Waals surface area contributed by atoms with Crippen LogP contribution in [0, 0.1) is 0 Å². The zero-order valence-electron chi connectivity index (χ0n) is 7.53. The Morgan fingerprint density at radius 3 is 3.00 bits per heavy atom. The molecule has 0 radical (unpaired) electrons. The summed E-state index contributed by atoms with van der Waals surface area (Å²) in [6, 6.07) is 1.76. The molecule has 0 bridgehead atoms. The molecule has 1 aliphatic carbocycles. The van der Waals surface area contributed by atoms with E-state index < -0.39 is 0 Å². The third-order valence-electron chi connectivity index (χ3n) is 3.14. The van der Waals surface area contributed by atoms with Crippen LogP contribution < -0.4 is 0 Å². The van der Waals surface area contributed by atoms with Crippen LogP contribution in [-0.4, -0.2) is 21.9 Å². The van der Waals surface area contributed by atoms with Crippen molar-refractivity contribution in [2.75, 3.05) is 6.54 Å². The Morgan fingerprint density at radius 2 is 2.29 bits per heavy atom. The number of nitrogens with zero attached hydrogens (tertiary/aromatic N) is 2. The van der Waals surface area contributed by atoms with Crippen molar-refractivity contribution in [3.05, 3.63) is 29.6 Å². The van der Waals surface area contributed by atoms with Gasteiger partial charge in [-0.3, -0.25) is 9.78 Å². The Morgan fingerprint density at radius 1 is 1.50 bits per heavy atom. The molecule has 14 heavy (non-hydrogen) atoms. The Bertz CT molecular complexity index is 414. The molecule has 0 saturated heterocycles. The average molecular weight is 209 g/mol. The quantitative estimate of drug-likeness (QED) is 0.609. The van der Waals surface area contributed by atoms with E-state index in [9.17, 15) is 4.79 Å². The molecule has 1 fully saturated rings. The number of hydrogen-bond donors (Lipinski definition) is 0. The summed E-state index contributed by atoms with van der Waals surface area (Å²) in [5.41, 5.74) is 1.93. The number of carbonyl (C=O) groups excluding carboxylic acids is 1. The lowest BCUT2D eigenvalue weighted by Crippen LogP contribution is -2.37. The molecule has 1 spiro atoms. The molecule has 3 nitrogen and oxygen atoms in total. The largest absolute Gasteiger partial charge is 0.268 e. The molecular formula is C10H9ClN2O. The molecule has 4 heteroatoms. The second-order valence-electron chi connectivity index (χ2n) is 4.03. The van der Waals surface area contributed by atoms with Gasteiger partial charge in [-0.15, -0.1) is 0 Å². The standard InChI is InChI=1S/C10H9ClN2O/c11-13-6-10(2-3-10)8-5-12-4-1-7(8)9(13)14/h1,4-5H,2-3,6H2. The smallest absolute Gasteiger partial charge is 0.268 e. The summed E-state index contributed by atoms with van der Waals surface area (Å²) in [7, 11) is 0. The summed E-state index contributed by atoms with van der Waals surface area (Å²) < 4.78 is 1.30. The van der Waals surface area contributed by atoms with Gasteiger partial charge in [-0.25, -0.2) is 4.42 Å². The van der Waals surface area contributed by atoms with E-state index in [0.717, 1.165) is 24.0 Å². The van der Waals surface area contributed by atoms with Crippen LogP contribution in [0.15, 0.2) is 18.5 Å².